The van der Waals surface area contributed by atoms with Gasteiger partial charge in [-0.05, 0) is 61.4 Å². The van der Waals surface area contributed by atoms with E-state index in [1.165, 1.54) is 36.3 Å². The highest BCUT2D eigenvalue weighted by Crippen LogP contribution is 2.26. The molecule has 8 nitrogen and oxygen atoms in total. The van der Waals surface area contributed by atoms with Gasteiger partial charge in [-0.25, -0.2) is 8.42 Å². The van der Waals surface area contributed by atoms with Crippen molar-refractivity contribution in [1.82, 2.24) is 4.90 Å². The fraction of sp³-hybridized carbons (Fsp3) is 0.231. The van der Waals surface area contributed by atoms with Gasteiger partial charge in [0.2, 0.25) is 5.91 Å². The molecule has 0 atom stereocenters. The molecule has 0 aromatic heterocycles. The summed E-state index contributed by atoms with van der Waals surface area (Å²) in [6.45, 7) is 4.08. The maximum atomic E-state index is 13.1. The number of aryl methyl sites for hydroxylation is 1. The molecule has 9 heteroatoms. The van der Waals surface area contributed by atoms with Crippen LogP contribution in [0.1, 0.15) is 29.3 Å². The van der Waals surface area contributed by atoms with E-state index in [-0.39, 0.29) is 23.3 Å². The van der Waals surface area contributed by atoms with Crippen LogP contribution in [0.2, 0.25) is 0 Å². The second-order valence-corrected chi connectivity index (χ2v) is 9.60. The zero-order valence-corrected chi connectivity index (χ0v) is 20.8. The van der Waals surface area contributed by atoms with Crippen LogP contribution < -0.4 is 14.8 Å². The fourth-order valence-corrected chi connectivity index (χ4v) is 4.56. The Balaban J connectivity index is 1.73. The van der Waals surface area contributed by atoms with Gasteiger partial charge in [-0.15, -0.1) is 0 Å². The maximum Gasteiger partial charge on any atom is 0.262 e. The quantitative estimate of drug-likeness (QED) is 0.436. The molecule has 2 N–H and O–H groups in total. The molecule has 0 aliphatic carbocycles. The number of nitrogens with one attached hydrogen (secondary N) is 2. The number of nitrogens with zero attached hydrogens (tertiary/aromatic N) is 1. The number of benzene rings is 3. The van der Waals surface area contributed by atoms with Crippen molar-refractivity contribution in [2.45, 2.75) is 25.2 Å². The number of hydrogen-bond donors (Lipinski definition) is 2. The molecule has 0 fully saturated rings. The van der Waals surface area contributed by atoms with E-state index in [0.717, 1.165) is 5.56 Å². The summed E-state index contributed by atoms with van der Waals surface area (Å²) in [5, 5.41) is 2.84. The number of anilines is 2. The van der Waals surface area contributed by atoms with Crippen molar-refractivity contribution >= 4 is 33.2 Å². The molecule has 0 aliphatic heterocycles. The van der Waals surface area contributed by atoms with Crippen molar-refractivity contribution < 1.29 is 22.7 Å². The molecule has 2 amide bonds. The Morgan fingerprint density at radius 2 is 1.54 bits per heavy atom. The molecular weight excluding hydrogens is 466 g/mol. The highest BCUT2D eigenvalue weighted by atomic mass is 32.2. The van der Waals surface area contributed by atoms with Crippen LogP contribution in [0.5, 0.6) is 5.75 Å². The van der Waals surface area contributed by atoms with E-state index in [9.17, 15) is 18.0 Å². The van der Waals surface area contributed by atoms with Crippen molar-refractivity contribution in [1.29, 1.82) is 0 Å². The molecule has 0 unspecified atom stereocenters. The van der Waals surface area contributed by atoms with Crippen molar-refractivity contribution in [3.63, 3.8) is 0 Å². The monoisotopic (exact) mass is 495 g/mol. The Morgan fingerprint density at radius 1 is 0.914 bits per heavy atom. The van der Waals surface area contributed by atoms with Crippen LogP contribution in [0.15, 0.2) is 77.7 Å². The Bertz CT molecular complexity index is 1290. The molecule has 0 radical (unpaired) electrons. The first-order valence-electron chi connectivity index (χ1n) is 11.2. The lowest BCUT2D eigenvalue weighted by Gasteiger charge is -2.22. The van der Waals surface area contributed by atoms with E-state index < -0.39 is 10.0 Å². The van der Waals surface area contributed by atoms with Crippen LogP contribution in [0.25, 0.3) is 0 Å². The maximum absolute atomic E-state index is 13.1. The highest BCUT2D eigenvalue weighted by molar-refractivity contribution is 7.92. The smallest absolute Gasteiger partial charge is 0.262 e. The third-order valence-electron chi connectivity index (χ3n) is 5.30. The second-order valence-electron chi connectivity index (χ2n) is 7.92. The van der Waals surface area contributed by atoms with Crippen molar-refractivity contribution in [2.24, 2.45) is 0 Å². The molecule has 184 valence electrons. The van der Waals surface area contributed by atoms with E-state index in [4.69, 9.17) is 4.74 Å². The lowest BCUT2D eigenvalue weighted by atomic mass is 10.2. The van der Waals surface area contributed by atoms with Gasteiger partial charge in [0.05, 0.1) is 17.7 Å². The summed E-state index contributed by atoms with van der Waals surface area (Å²) in [5.41, 5.74) is 2.22. The average molecular weight is 496 g/mol. The van der Waals surface area contributed by atoms with E-state index >= 15 is 0 Å². The third kappa shape index (κ3) is 6.60. The molecule has 3 rings (SSSR count). The van der Waals surface area contributed by atoms with E-state index in [1.54, 1.807) is 30.3 Å². The number of ether oxygens (including phenoxy) is 1. The molecule has 0 aliphatic rings. The van der Waals surface area contributed by atoms with Gasteiger partial charge in [0, 0.05) is 17.8 Å². The van der Waals surface area contributed by atoms with Gasteiger partial charge in [-0.1, -0.05) is 37.3 Å². The van der Waals surface area contributed by atoms with Crippen LogP contribution in [-0.4, -0.2) is 45.3 Å². The van der Waals surface area contributed by atoms with Crippen LogP contribution in [0.4, 0.5) is 11.4 Å². The fourth-order valence-electron chi connectivity index (χ4n) is 3.49. The number of amides is 2. The van der Waals surface area contributed by atoms with Crippen molar-refractivity contribution in [3.05, 3.63) is 83.9 Å². The normalized spacial score (nSPS) is 10.9. The van der Waals surface area contributed by atoms with Crippen LogP contribution in [-0.2, 0) is 14.8 Å². The number of hydrogen-bond acceptors (Lipinski definition) is 5. The Morgan fingerprint density at radius 3 is 2.17 bits per heavy atom. The van der Waals surface area contributed by atoms with Gasteiger partial charge >= 0.3 is 0 Å². The molecule has 35 heavy (non-hydrogen) atoms. The first kappa shape index (κ1) is 25.8. The van der Waals surface area contributed by atoms with Crippen LogP contribution in [0, 0.1) is 6.92 Å². The summed E-state index contributed by atoms with van der Waals surface area (Å²) in [7, 11) is -2.44. The standard InChI is InChI=1S/C26H29N3O5S/c1-4-17-29(18-25(30)27-22-10-6-5-9-19(22)2)26(31)20-13-15-21(16-14-20)35(32,33)28-23-11-7-8-12-24(23)34-3/h5-16,28H,4,17-18H2,1-3H3,(H,27,30). The number of methoxy groups -OCH3 is 1. The predicted octanol–water partition coefficient (Wildman–Crippen LogP) is 4.30. The zero-order chi connectivity index (χ0) is 25.4. The SMILES string of the molecule is CCCN(CC(=O)Nc1ccccc1C)C(=O)c1ccc(S(=O)(=O)Nc2ccccc2OC)cc1. The number of para-hydroxylation sites is 3. The second kappa shape index (κ2) is 11.5. The minimum atomic E-state index is -3.90. The number of carbonyl (C=O) groups is 2. The summed E-state index contributed by atoms with van der Waals surface area (Å²) in [6, 6.07) is 19.7. The minimum absolute atomic E-state index is 0.000654. The number of rotatable bonds is 10. The minimum Gasteiger partial charge on any atom is -0.495 e. The van der Waals surface area contributed by atoms with E-state index in [0.29, 0.717) is 35.7 Å². The first-order valence-corrected chi connectivity index (χ1v) is 12.6. The molecule has 0 spiro atoms. The van der Waals surface area contributed by atoms with E-state index in [2.05, 4.69) is 10.0 Å². The van der Waals surface area contributed by atoms with Gasteiger partial charge in [0.25, 0.3) is 15.9 Å². The summed E-state index contributed by atoms with van der Waals surface area (Å²) >= 11 is 0. The molecule has 0 saturated heterocycles. The van der Waals surface area contributed by atoms with Gasteiger partial charge in [0.1, 0.15) is 12.3 Å². The van der Waals surface area contributed by atoms with Gasteiger partial charge in [0.15, 0.2) is 0 Å². The molecule has 3 aromatic carbocycles. The molecule has 0 bridgehead atoms. The Labute approximate surface area is 206 Å². The Hall–Kier alpha value is -3.85. The average Bonchev–Trinajstić information content (AvgIpc) is 2.85. The number of sulfonamides is 1. The predicted molar refractivity (Wildman–Crippen MR) is 136 cm³/mol. The molecule has 3 aromatic rings. The summed E-state index contributed by atoms with van der Waals surface area (Å²) in [5.74, 6) is -0.267. The first-order chi connectivity index (χ1) is 16.7. The third-order valence-corrected chi connectivity index (χ3v) is 6.68. The summed E-state index contributed by atoms with van der Waals surface area (Å²) < 4.78 is 33.3. The van der Waals surface area contributed by atoms with Crippen LogP contribution in [0.3, 0.4) is 0 Å². The van der Waals surface area contributed by atoms with Gasteiger partial charge in [-0.2, -0.15) is 0 Å². The highest BCUT2D eigenvalue weighted by Gasteiger charge is 2.21. The van der Waals surface area contributed by atoms with Crippen molar-refractivity contribution in [3.8, 4) is 5.75 Å². The molecule has 0 saturated carbocycles. The summed E-state index contributed by atoms with van der Waals surface area (Å²) in [4.78, 5) is 27.1. The molecular formula is C26H29N3O5S. The van der Waals surface area contributed by atoms with E-state index in [1.807, 2.05) is 32.0 Å². The number of carbonyl (C=O) groups excluding carboxylic acids is 2. The van der Waals surface area contributed by atoms with Gasteiger partial charge < -0.3 is 15.0 Å². The topological polar surface area (TPSA) is 105 Å². The Kier molecular flexibility index (Phi) is 8.48. The largest absolute Gasteiger partial charge is 0.495 e. The van der Waals surface area contributed by atoms with Crippen LogP contribution >= 0.6 is 0 Å². The lowest BCUT2D eigenvalue weighted by Crippen LogP contribution is -2.38. The molecule has 0 heterocycles. The van der Waals surface area contributed by atoms with Crippen molar-refractivity contribution in [2.75, 3.05) is 30.2 Å². The zero-order valence-electron chi connectivity index (χ0n) is 19.9. The lowest BCUT2D eigenvalue weighted by molar-refractivity contribution is -0.116. The summed E-state index contributed by atoms with van der Waals surface area (Å²) in [6.07, 6.45) is 0.665. The van der Waals surface area contributed by atoms with Gasteiger partial charge in [-0.3, -0.25) is 14.3 Å².